The maximum absolute atomic E-state index is 12.0. The highest BCUT2D eigenvalue weighted by molar-refractivity contribution is 5.97. The molecule has 2 aromatic rings. The Labute approximate surface area is 117 Å². The van der Waals surface area contributed by atoms with Crippen LogP contribution in [0.25, 0.3) is 10.9 Å². The van der Waals surface area contributed by atoms with Gasteiger partial charge in [-0.05, 0) is 25.5 Å². The Hall–Kier alpha value is -2.08. The Bertz CT molecular complexity index is 590. The predicted octanol–water partition coefficient (Wildman–Crippen LogP) is 1.86. The highest BCUT2D eigenvalue weighted by atomic mass is 16.5. The number of ether oxygens (including phenoxy) is 2. The van der Waals surface area contributed by atoms with Crippen LogP contribution in [-0.2, 0) is 4.74 Å². The van der Waals surface area contributed by atoms with E-state index in [0.29, 0.717) is 24.5 Å². The van der Waals surface area contributed by atoms with E-state index >= 15 is 0 Å². The molecule has 3 N–H and O–H groups in total. The number of carbonyl (C=O) groups excluding carboxylic acids is 1. The van der Waals surface area contributed by atoms with Gasteiger partial charge in [0.1, 0.15) is 17.4 Å². The van der Waals surface area contributed by atoms with Crippen molar-refractivity contribution < 1.29 is 14.3 Å². The van der Waals surface area contributed by atoms with Crippen molar-refractivity contribution in [1.82, 2.24) is 10.2 Å². The van der Waals surface area contributed by atoms with Gasteiger partial charge in [-0.25, -0.2) is 4.79 Å². The Kier molecular flexibility index (Phi) is 4.57. The van der Waals surface area contributed by atoms with Crippen LogP contribution in [0, 0.1) is 0 Å². The highest BCUT2D eigenvalue weighted by Gasteiger charge is 2.18. The molecule has 1 aromatic carbocycles. The van der Waals surface area contributed by atoms with Crippen molar-refractivity contribution in [3.05, 3.63) is 23.9 Å². The number of nitrogens with zero attached hydrogens (tertiary/aromatic N) is 1. The molecule has 20 heavy (non-hydrogen) atoms. The molecule has 6 heteroatoms. The van der Waals surface area contributed by atoms with Gasteiger partial charge in [0.05, 0.1) is 18.3 Å². The summed E-state index contributed by atoms with van der Waals surface area (Å²) >= 11 is 0. The van der Waals surface area contributed by atoms with Crippen molar-refractivity contribution in [2.24, 2.45) is 5.73 Å². The third-order valence-corrected chi connectivity index (χ3v) is 3.05. The van der Waals surface area contributed by atoms with Gasteiger partial charge in [0, 0.05) is 11.9 Å². The standard InChI is InChI=1S/C14H19N3O3/c1-3-10(7-15)20-13-5-9-8-16-17-12(9)6-11(13)14(18)19-4-2/h5-6,8,10H,3-4,7,15H2,1-2H3,(H,16,17)/t10-/m1/s1. The summed E-state index contributed by atoms with van der Waals surface area (Å²) < 4.78 is 10.9. The van der Waals surface area contributed by atoms with E-state index in [9.17, 15) is 4.79 Å². The van der Waals surface area contributed by atoms with Crippen LogP contribution in [-0.4, -0.2) is 35.4 Å². The summed E-state index contributed by atoms with van der Waals surface area (Å²) in [7, 11) is 0. The van der Waals surface area contributed by atoms with Gasteiger partial charge >= 0.3 is 5.97 Å². The highest BCUT2D eigenvalue weighted by Crippen LogP contribution is 2.27. The lowest BCUT2D eigenvalue weighted by atomic mass is 10.1. The lowest BCUT2D eigenvalue weighted by Crippen LogP contribution is -2.26. The normalized spacial score (nSPS) is 12.3. The molecule has 0 aliphatic rings. The van der Waals surface area contributed by atoms with Gasteiger partial charge in [-0.2, -0.15) is 5.10 Å². The predicted molar refractivity (Wildman–Crippen MR) is 75.8 cm³/mol. The Morgan fingerprint density at radius 2 is 2.25 bits per heavy atom. The van der Waals surface area contributed by atoms with Gasteiger partial charge in [0.25, 0.3) is 0 Å². The zero-order valence-corrected chi connectivity index (χ0v) is 11.7. The van der Waals surface area contributed by atoms with Crippen LogP contribution in [0.2, 0.25) is 0 Å². The minimum atomic E-state index is -0.411. The monoisotopic (exact) mass is 277 g/mol. The fourth-order valence-corrected chi connectivity index (χ4v) is 1.91. The van der Waals surface area contributed by atoms with Gasteiger partial charge in [-0.1, -0.05) is 6.92 Å². The van der Waals surface area contributed by atoms with Crippen LogP contribution < -0.4 is 10.5 Å². The molecule has 0 radical (unpaired) electrons. The number of carbonyl (C=O) groups is 1. The van der Waals surface area contributed by atoms with E-state index in [1.54, 1.807) is 25.3 Å². The molecule has 0 aliphatic carbocycles. The number of aromatic amines is 1. The van der Waals surface area contributed by atoms with Crippen LogP contribution in [0.1, 0.15) is 30.6 Å². The van der Waals surface area contributed by atoms with Gasteiger partial charge in [0.15, 0.2) is 0 Å². The van der Waals surface area contributed by atoms with Crippen LogP contribution in [0.15, 0.2) is 18.3 Å². The first-order valence-corrected chi connectivity index (χ1v) is 6.70. The summed E-state index contributed by atoms with van der Waals surface area (Å²) in [6.07, 6.45) is 2.32. The molecule has 2 rings (SSSR count). The van der Waals surface area contributed by atoms with Gasteiger partial charge in [-0.15, -0.1) is 0 Å². The molecular formula is C14H19N3O3. The third-order valence-electron chi connectivity index (χ3n) is 3.05. The lowest BCUT2D eigenvalue weighted by molar-refractivity contribution is 0.0519. The number of hydrogen-bond donors (Lipinski definition) is 2. The lowest BCUT2D eigenvalue weighted by Gasteiger charge is -2.17. The first-order chi connectivity index (χ1) is 9.69. The molecule has 1 heterocycles. The number of nitrogens with two attached hydrogens (primary N) is 1. The number of esters is 1. The minimum Gasteiger partial charge on any atom is -0.488 e. The number of benzene rings is 1. The second-order valence-corrected chi connectivity index (χ2v) is 4.41. The average Bonchev–Trinajstić information content (AvgIpc) is 2.91. The van der Waals surface area contributed by atoms with Gasteiger partial charge < -0.3 is 15.2 Å². The molecule has 1 atom stereocenters. The van der Waals surface area contributed by atoms with Crippen LogP contribution in [0.5, 0.6) is 5.75 Å². The molecule has 0 spiro atoms. The van der Waals surface area contributed by atoms with Crippen molar-refractivity contribution in [2.45, 2.75) is 26.4 Å². The van der Waals surface area contributed by atoms with E-state index in [2.05, 4.69) is 10.2 Å². The molecule has 0 amide bonds. The summed E-state index contributed by atoms with van der Waals surface area (Å²) in [5.41, 5.74) is 6.80. The minimum absolute atomic E-state index is 0.132. The Morgan fingerprint density at radius 1 is 1.45 bits per heavy atom. The number of aromatic nitrogens is 2. The number of fused-ring (bicyclic) bond motifs is 1. The quantitative estimate of drug-likeness (QED) is 0.786. The fraction of sp³-hybridized carbons (Fsp3) is 0.429. The van der Waals surface area contributed by atoms with Crippen LogP contribution in [0.3, 0.4) is 0 Å². The van der Waals surface area contributed by atoms with Gasteiger partial charge in [-0.3, -0.25) is 5.10 Å². The first-order valence-electron chi connectivity index (χ1n) is 6.70. The summed E-state index contributed by atoms with van der Waals surface area (Å²) in [4.78, 5) is 12.0. The summed E-state index contributed by atoms with van der Waals surface area (Å²) in [6, 6.07) is 3.47. The zero-order chi connectivity index (χ0) is 14.5. The smallest absolute Gasteiger partial charge is 0.341 e. The number of nitrogens with one attached hydrogen (secondary N) is 1. The SMILES string of the molecule is CCOC(=O)c1cc2[nH]ncc2cc1O[C@H](CC)CN. The zero-order valence-electron chi connectivity index (χ0n) is 11.7. The van der Waals surface area contributed by atoms with Gasteiger partial charge in [0.2, 0.25) is 0 Å². The molecule has 0 unspecified atom stereocenters. The fourth-order valence-electron chi connectivity index (χ4n) is 1.91. The van der Waals surface area contributed by atoms with Crippen molar-refractivity contribution in [3.63, 3.8) is 0 Å². The molecule has 0 saturated carbocycles. The summed E-state index contributed by atoms with van der Waals surface area (Å²) in [5, 5.41) is 7.65. The topological polar surface area (TPSA) is 90.2 Å². The van der Waals surface area contributed by atoms with Crippen molar-refractivity contribution in [3.8, 4) is 5.75 Å². The molecule has 1 aromatic heterocycles. The summed E-state index contributed by atoms with van der Waals surface area (Å²) in [6.45, 7) is 4.45. The summed E-state index contributed by atoms with van der Waals surface area (Å²) in [5.74, 6) is 0.0699. The van der Waals surface area contributed by atoms with Crippen molar-refractivity contribution in [1.29, 1.82) is 0 Å². The second kappa shape index (κ2) is 6.38. The number of rotatable bonds is 6. The van der Waals surface area contributed by atoms with Crippen LogP contribution >= 0.6 is 0 Å². The van der Waals surface area contributed by atoms with Crippen molar-refractivity contribution in [2.75, 3.05) is 13.2 Å². The molecule has 6 nitrogen and oxygen atoms in total. The van der Waals surface area contributed by atoms with E-state index < -0.39 is 5.97 Å². The third kappa shape index (κ3) is 2.91. The van der Waals surface area contributed by atoms with Crippen molar-refractivity contribution >= 4 is 16.9 Å². The van der Waals surface area contributed by atoms with E-state index in [1.807, 2.05) is 6.92 Å². The van der Waals surface area contributed by atoms with E-state index in [-0.39, 0.29) is 6.10 Å². The van der Waals surface area contributed by atoms with E-state index in [4.69, 9.17) is 15.2 Å². The molecule has 0 aliphatic heterocycles. The molecule has 0 saturated heterocycles. The van der Waals surface area contributed by atoms with E-state index in [0.717, 1.165) is 17.3 Å². The largest absolute Gasteiger partial charge is 0.488 e. The first kappa shape index (κ1) is 14.3. The Balaban J connectivity index is 2.42. The van der Waals surface area contributed by atoms with E-state index in [1.165, 1.54) is 0 Å². The maximum atomic E-state index is 12.0. The molecule has 0 bridgehead atoms. The second-order valence-electron chi connectivity index (χ2n) is 4.41. The molecule has 0 fully saturated rings. The number of hydrogen-bond acceptors (Lipinski definition) is 5. The number of H-pyrrole nitrogens is 1. The maximum Gasteiger partial charge on any atom is 0.341 e. The molecule has 108 valence electrons. The van der Waals surface area contributed by atoms with Crippen LogP contribution in [0.4, 0.5) is 0 Å². The molecular weight excluding hydrogens is 258 g/mol. The average molecular weight is 277 g/mol. The Morgan fingerprint density at radius 3 is 2.90 bits per heavy atom.